The Kier molecular flexibility index (Phi) is 5.86. The third-order valence-corrected chi connectivity index (χ3v) is 10.1. The van der Waals surface area contributed by atoms with Gasteiger partial charge < -0.3 is 0 Å². The maximum absolute atomic E-state index is 8.70. The van der Waals surface area contributed by atoms with E-state index in [4.69, 9.17) is 16.3 Å². The van der Waals surface area contributed by atoms with Gasteiger partial charge in [-0.25, -0.2) is 15.0 Å². The minimum atomic E-state index is -0.461. The molecule has 0 bridgehead atoms. The predicted octanol–water partition coefficient (Wildman–Crippen LogP) is 10.9. The molecule has 0 unspecified atom stereocenters. The van der Waals surface area contributed by atoms with Crippen LogP contribution in [-0.2, 0) is 5.41 Å². The first-order chi connectivity index (χ1) is 24.7. The summed E-state index contributed by atoms with van der Waals surface area (Å²) < 4.78 is 8.70. The van der Waals surface area contributed by atoms with Crippen LogP contribution in [0.2, 0.25) is 0 Å². The van der Waals surface area contributed by atoms with Gasteiger partial charge in [0.1, 0.15) is 0 Å². The molecule has 0 radical (unpaired) electrons. The van der Waals surface area contributed by atoms with Crippen molar-refractivity contribution in [2.24, 2.45) is 0 Å². The summed E-state index contributed by atoms with van der Waals surface area (Å²) in [6.07, 6.45) is 0. The van der Waals surface area contributed by atoms with Crippen LogP contribution in [0.3, 0.4) is 0 Å². The third-order valence-electron chi connectivity index (χ3n) is 10.1. The van der Waals surface area contributed by atoms with Crippen LogP contribution in [0.5, 0.6) is 0 Å². The second-order valence-electron chi connectivity index (χ2n) is 12.7. The first-order valence-corrected chi connectivity index (χ1v) is 16.6. The Morgan fingerprint density at radius 2 is 0.755 bits per heavy atom. The Labute approximate surface area is 286 Å². The Hall–Kier alpha value is -6.45. The smallest absolute Gasteiger partial charge is 0.164 e. The van der Waals surface area contributed by atoms with E-state index in [2.05, 4.69) is 109 Å². The van der Waals surface area contributed by atoms with Crippen molar-refractivity contribution in [3.05, 3.63) is 198 Å². The van der Waals surface area contributed by atoms with Crippen molar-refractivity contribution in [1.29, 1.82) is 0 Å². The normalized spacial score (nSPS) is 13.3. The van der Waals surface area contributed by atoms with E-state index in [1.165, 1.54) is 44.5 Å². The van der Waals surface area contributed by atoms with Gasteiger partial charge in [-0.05, 0) is 67.8 Å². The molecule has 3 heteroatoms. The zero-order valence-electron chi connectivity index (χ0n) is 27.5. The van der Waals surface area contributed by atoms with Gasteiger partial charge in [-0.1, -0.05) is 164 Å². The highest BCUT2D eigenvalue weighted by atomic mass is 15.0. The summed E-state index contributed by atoms with van der Waals surface area (Å²) in [4.78, 5) is 15.3. The Morgan fingerprint density at radius 3 is 1.33 bits per heavy atom. The molecule has 0 amide bonds. The predicted molar refractivity (Wildman–Crippen MR) is 198 cm³/mol. The lowest BCUT2D eigenvalue weighted by Crippen LogP contribution is -2.25. The molecule has 49 heavy (non-hydrogen) atoms. The summed E-state index contributed by atoms with van der Waals surface area (Å²) >= 11 is 0. The minimum absolute atomic E-state index is 0.403. The van der Waals surface area contributed by atoms with Gasteiger partial charge in [0.15, 0.2) is 17.5 Å². The van der Waals surface area contributed by atoms with Crippen LogP contribution < -0.4 is 0 Å². The lowest BCUT2D eigenvalue weighted by Gasteiger charge is -2.30. The van der Waals surface area contributed by atoms with Gasteiger partial charge >= 0.3 is 0 Å². The summed E-state index contributed by atoms with van der Waals surface area (Å²) in [5, 5.41) is 0. The number of rotatable bonds is 4. The van der Waals surface area contributed by atoms with E-state index in [1.54, 1.807) is 0 Å². The lowest BCUT2D eigenvalue weighted by molar-refractivity contribution is 0.794. The van der Waals surface area contributed by atoms with E-state index in [9.17, 15) is 0 Å². The van der Waals surface area contributed by atoms with Gasteiger partial charge in [0, 0.05) is 16.7 Å². The maximum Gasteiger partial charge on any atom is 0.164 e. The SMILES string of the molecule is [2H]c1cc(-c2ccccc2)cc(-c2nc(-c3ccccc3)nc(-c3ccc4c(c3)C3(c5ccccc5-c5ccccc53)c3ccccc3-4)n2)c1. The van der Waals surface area contributed by atoms with Gasteiger partial charge in [-0.2, -0.15) is 0 Å². The fourth-order valence-corrected chi connectivity index (χ4v) is 7.98. The minimum Gasteiger partial charge on any atom is -0.208 e. The molecule has 7 aromatic carbocycles. The van der Waals surface area contributed by atoms with Gasteiger partial charge in [0.2, 0.25) is 0 Å². The van der Waals surface area contributed by atoms with E-state index < -0.39 is 5.41 Å². The molecule has 1 aromatic heterocycles. The monoisotopic (exact) mass is 624 g/mol. The van der Waals surface area contributed by atoms with Crippen molar-refractivity contribution in [2.75, 3.05) is 0 Å². The standard InChI is InChI=1S/C46H29N3/c1-3-14-30(15-4-1)32-18-13-19-33(28-32)44-47-43(31-16-5-2-6-17-31)48-45(49-44)34-26-27-38-37-22-9-12-25-41(37)46(42(38)29-34)39-23-10-7-20-35(39)36-21-8-11-24-40(36)46/h1-29H/i13D. The van der Waals surface area contributed by atoms with Gasteiger partial charge in [0.25, 0.3) is 0 Å². The highest BCUT2D eigenvalue weighted by Gasteiger charge is 2.51. The van der Waals surface area contributed by atoms with Crippen molar-refractivity contribution in [1.82, 2.24) is 15.0 Å². The molecule has 0 aliphatic heterocycles. The molecule has 228 valence electrons. The van der Waals surface area contributed by atoms with E-state index in [0.29, 0.717) is 23.5 Å². The molecule has 0 saturated carbocycles. The van der Waals surface area contributed by atoms with Crippen molar-refractivity contribution < 1.29 is 1.37 Å². The first kappa shape index (κ1) is 26.6. The number of aromatic nitrogens is 3. The number of hydrogen-bond donors (Lipinski definition) is 0. The van der Waals surface area contributed by atoms with E-state index in [0.717, 1.165) is 27.8 Å². The fourth-order valence-electron chi connectivity index (χ4n) is 7.98. The summed E-state index contributed by atoms with van der Waals surface area (Å²) in [5.74, 6) is 1.73. The van der Waals surface area contributed by atoms with Crippen LogP contribution in [0.15, 0.2) is 176 Å². The number of fused-ring (bicyclic) bond motifs is 10. The number of hydrogen-bond acceptors (Lipinski definition) is 3. The Morgan fingerprint density at radius 1 is 0.327 bits per heavy atom. The van der Waals surface area contributed by atoms with Crippen molar-refractivity contribution >= 4 is 0 Å². The summed E-state index contributed by atoms with van der Waals surface area (Å²) in [6, 6.07) is 59.6. The molecule has 0 N–H and O–H groups in total. The lowest BCUT2D eigenvalue weighted by atomic mass is 9.70. The molecule has 8 aromatic rings. The molecular formula is C46H29N3. The van der Waals surface area contributed by atoms with Crippen LogP contribution in [0.25, 0.3) is 67.5 Å². The topological polar surface area (TPSA) is 38.7 Å². The summed E-state index contributed by atoms with van der Waals surface area (Å²) in [7, 11) is 0. The second-order valence-corrected chi connectivity index (χ2v) is 12.7. The number of nitrogens with zero attached hydrogens (tertiary/aromatic N) is 3. The molecule has 2 aliphatic rings. The first-order valence-electron chi connectivity index (χ1n) is 17.1. The largest absolute Gasteiger partial charge is 0.208 e. The molecule has 1 spiro atoms. The van der Waals surface area contributed by atoms with Crippen LogP contribution in [0.4, 0.5) is 0 Å². The van der Waals surface area contributed by atoms with Crippen molar-refractivity contribution in [2.45, 2.75) is 5.41 Å². The Bertz CT molecular complexity index is 2550. The van der Waals surface area contributed by atoms with Gasteiger partial charge in [-0.15, -0.1) is 0 Å². The highest BCUT2D eigenvalue weighted by Crippen LogP contribution is 2.62. The Balaban J connectivity index is 1.21. The quantitative estimate of drug-likeness (QED) is 0.196. The second kappa shape index (κ2) is 10.8. The maximum atomic E-state index is 8.70. The van der Waals surface area contributed by atoms with E-state index in [1.807, 2.05) is 60.7 Å². The van der Waals surface area contributed by atoms with Crippen LogP contribution >= 0.6 is 0 Å². The van der Waals surface area contributed by atoms with Crippen LogP contribution in [0.1, 0.15) is 23.6 Å². The summed E-state index contributed by atoms with van der Waals surface area (Å²) in [6.45, 7) is 0. The molecule has 0 atom stereocenters. The molecule has 3 nitrogen and oxygen atoms in total. The molecule has 10 rings (SSSR count). The zero-order chi connectivity index (χ0) is 33.2. The van der Waals surface area contributed by atoms with Crippen LogP contribution in [0, 0.1) is 0 Å². The van der Waals surface area contributed by atoms with Crippen molar-refractivity contribution in [3.63, 3.8) is 0 Å². The van der Waals surface area contributed by atoms with Gasteiger partial charge in [-0.3, -0.25) is 0 Å². The molecule has 0 fully saturated rings. The van der Waals surface area contributed by atoms with Gasteiger partial charge in [0.05, 0.1) is 6.79 Å². The molecule has 2 aliphatic carbocycles. The average Bonchev–Trinajstić information content (AvgIpc) is 3.65. The van der Waals surface area contributed by atoms with E-state index >= 15 is 0 Å². The molecule has 0 saturated heterocycles. The molecular weight excluding hydrogens is 595 g/mol. The molecule has 1 heterocycles. The van der Waals surface area contributed by atoms with E-state index in [-0.39, 0.29) is 0 Å². The summed E-state index contributed by atoms with van der Waals surface area (Å²) in [5.41, 5.74) is 14.3. The van der Waals surface area contributed by atoms with Crippen LogP contribution in [-0.4, -0.2) is 15.0 Å². The average molecular weight is 625 g/mol. The highest BCUT2D eigenvalue weighted by molar-refractivity contribution is 5.95. The van der Waals surface area contributed by atoms with Crippen molar-refractivity contribution in [3.8, 4) is 67.5 Å². The third kappa shape index (κ3) is 4.12. The zero-order valence-corrected chi connectivity index (χ0v) is 26.5. The fraction of sp³-hybridized carbons (Fsp3) is 0.0217. The number of benzene rings is 7.